The van der Waals surface area contributed by atoms with E-state index in [4.69, 9.17) is 32.7 Å². The Kier molecular flexibility index (Phi) is 7.43. The van der Waals surface area contributed by atoms with Gasteiger partial charge >= 0.3 is 5.97 Å². The van der Waals surface area contributed by atoms with Crippen LogP contribution in [0.4, 0.5) is 0 Å². The lowest BCUT2D eigenvalue weighted by Crippen LogP contribution is -2.24. The highest BCUT2D eigenvalue weighted by molar-refractivity contribution is 6.35. The van der Waals surface area contributed by atoms with E-state index in [1.807, 2.05) is 6.07 Å². The summed E-state index contributed by atoms with van der Waals surface area (Å²) in [5, 5.41) is 4.65. The number of nitrogens with one attached hydrogen (secondary N) is 1. The second-order valence-corrected chi connectivity index (χ2v) is 6.82. The number of rotatable bonds is 7. The number of carbonyl (C=O) groups is 2. The average molecular weight is 443 g/mol. The summed E-state index contributed by atoms with van der Waals surface area (Å²) in [7, 11) is 0. The first kappa shape index (κ1) is 21.4. The first-order valence-corrected chi connectivity index (χ1v) is 9.54. The Labute approximate surface area is 183 Å². The highest BCUT2D eigenvalue weighted by Crippen LogP contribution is 2.27. The van der Waals surface area contributed by atoms with Gasteiger partial charge in [0.05, 0.1) is 16.8 Å². The van der Waals surface area contributed by atoms with Gasteiger partial charge in [-0.3, -0.25) is 4.79 Å². The van der Waals surface area contributed by atoms with E-state index in [0.717, 1.165) is 0 Å². The minimum absolute atomic E-state index is 0.257. The molecular weight excluding hydrogens is 427 g/mol. The lowest BCUT2D eigenvalue weighted by atomic mass is 10.2. The summed E-state index contributed by atoms with van der Waals surface area (Å²) in [4.78, 5) is 23.8. The smallest absolute Gasteiger partial charge is 0.343 e. The van der Waals surface area contributed by atoms with E-state index < -0.39 is 11.9 Å². The van der Waals surface area contributed by atoms with Crippen LogP contribution >= 0.6 is 23.2 Å². The van der Waals surface area contributed by atoms with Crippen LogP contribution in [0.1, 0.15) is 15.9 Å². The van der Waals surface area contributed by atoms with Crippen LogP contribution in [-0.4, -0.2) is 24.7 Å². The van der Waals surface area contributed by atoms with Gasteiger partial charge in [-0.2, -0.15) is 5.10 Å². The van der Waals surface area contributed by atoms with E-state index in [1.165, 1.54) is 12.3 Å². The van der Waals surface area contributed by atoms with E-state index in [1.54, 1.807) is 60.7 Å². The Balaban J connectivity index is 1.46. The Bertz CT molecular complexity index is 1050. The van der Waals surface area contributed by atoms with Gasteiger partial charge in [-0.05, 0) is 60.2 Å². The quantitative estimate of drug-likeness (QED) is 0.248. The van der Waals surface area contributed by atoms with Crippen molar-refractivity contribution >= 4 is 41.3 Å². The van der Waals surface area contributed by atoms with Gasteiger partial charge in [0.15, 0.2) is 6.61 Å². The number of ether oxygens (including phenoxy) is 2. The van der Waals surface area contributed by atoms with Crippen LogP contribution in [0.2, 0.25) is 10.0 Å². The third kappa shape index (κ3) is 6.34. The minimum atomic E-state index is -0.453. The van der Waals surface area contributed by atoms with Crippen LogP contribution in [0.5, 0.6) is 11.5 Å². The van der Waals surface area contributed by atoms with Crippen molar-refractivity contribution in [2.75, 3.05) is 6.61 Å². The molecule has 152 valence electrons. The molecule has 0 aromatic heterocycles. The number of halogens is 2. The summed E-state index contributed by atoms with van der Waals surface area (Å²) in [6, 6.07) is 20.1. The topological polar surface area (TPSA) is 77.0 Å². The maximum absolute atomic E-state index is 12.0. The molecule has 0 aliphatic heterocycles. The fourth-order valence-corrected chi connectivity index (χ4v) is 2.77. The second kappa shape index (κ2) is 10.4. The SMILES string of the molecule is O=C(COc1ccc(Cl)cc1Cl)N/N=C/c1ccc(OC(=O)c2ccccc2)cc1. The van der Waals surface area contributed by atoms with Crippen LogP contribution in [0.15, 0.2) is 77.9 Å². The van der Waals surface area contributed by atoms with Crippen molar-refractivity contribution < 1.29 is 19.1 Å². The highest BCUT2D eigenvalue weighted by atomic mass is 35.5. The predicted molar refractivity (Wildman–Crippen MR) is 116 cm³/mol. The standard InChI is InChI=1S/C22H16Cl2N2O4/c23-17-8-11-20(19(24)12-17)29-14-21(27)26-25-13-15-6-9-18(10-7-15)30-22(28)16-4-2-1-3-5-16/h1-13H,14H2,(H,26,27)/b25-13+. The van der Waals surface area contributed by atoms with E-state index in [2.05, 4.69) is 10.5 Å². The molecule has 1 N–H and O–H groups in total. The molecule has 0 unspecified atom stereocenters. The van der Waals surface area contributed by atoms with Crippen LogP contribution in [0.25, 0.3) is 0 Å². The predicted octanol–water partition coefficient (Wildman–Crippen LogP) is 4.74. The van der Waals surface area contributed by atoms with Gasteiger partial charge in [-0.1, -0.05) is 41.4 Å². The summed E-state index contributed by atoms with van der Waals surface area (Å²) in [5.41, 5.74) is 3.52. The summed E-state index contributed by atoms with van der Waals surface area (Å²) in [6.45, 7) is -0.257. The zero-order valence-corrected chi connectivity index (χ0v) is 17.1. The van der Waals surface area contributed by atoms with Crippen LogP contribution in [0.3, 0.4) is 0 Å². The van der Waals surface area contributed by atoms with Crippen LogP contribution in [-0.2, 0) is 4.79 Å². The minimum Gasteiger partial charge on any atom is -0.482 e. The molecule has 0 saturated carbocycles. The van der Waals surface area contributed by atoms with E-state index in [0.29, 0.717) is 32.7 Å². The van der Waals surface area contributed by atoms with Gasteiger partial charge in [-0.25, -0.2) is 10.2 Å². The van der Waals surface area contributed by atoms with Crippen molar-refractivity contribution in [2.24, 2.45) is 5.10 Å². The lowest BCUT2D eigenvalue weighted by Gasteiger charge is -2.07. The van der Waals surface area contributed by atoms with Gasteiger partial charge in [-0.15, -0.1) is 0 Å². The van der Waals surface area contributed by atoms with Crippen molar-refractivity contribution in [2.45, 2.75) is 0 Å². The Morgan fingerprint density at radius 2 is 1.70 bits per heavy atom. The number of nitrogens with zero attached hydrogens (tertiary/aromatic N) is 1. The Hall–Kier alpha value is -3.35. The average Bonchev–Trinajstić information content (AvgIpc) is 2.75. The molecule has 0 aliphatic rings. The molecule has 6 nitrogen and oxygen atoms in total. The molecule has 0 spiro atoms. The van der Waals surface area contributed by atoms with E-state index >= 15 is 0 Å². The van der Waals surface area contributed by atoms with Gasteiger partial charge in [0.25, 0.3) is 5.91 Å². The monoisotopic (exact) mass is 442 g/mol. The van der Waals surface area contributed by atoms with Crippen molar-refractivity contribution in [1.29, 1.82) is 0 Å². The molecule has 0 aliphatic carbocycles. The number of amides is 1. The Morgan fingerprint density at radius 1 is 0.967 bits per heavy atom. The molecule has 1 amide bonds. The molecule has 0 radical (unpaired) electrons. The van der Waals surface area contributed by atoms with Crippen molar-refractivity contribution in [3.8, 4) is 11.5 Å². The molecule has 0 fully saturated rings. The van der Waals surface area contributed by atoms with Crippen LogP contribution in [0, 0.1) is 0 Å². The van der Waals surface area contributed by atoms with Gasteiger partial charge in [0.2, 0.25) is 0 Å². The molecule has 0 bridgehead atoms. The summed E-state index contributed by atoms with van der Waals surface area (Å²) in [5.74, 6) is -0.144. The first-order valence-electron chi connectivity index (χ1n) is 8.78. The maximum Gasteiger partial charge on any atom is 0.343 e. The molecule has 8 heteroatoms. The number of esters is 1. The molecule has 3 aromatic rings. The van der Waals surface area contributed by atoms with E-state index in [-0.39, 0.29) is 6.61 Å². The number of hydrazone groups is 1. The second-order valence-electron chi connectivity index (χ2n) is 5.98. The van der Waals surface area contributed by atoms with Gasteiger partial charge < -0.3 is 9.47 Å². The van der Waals surface area contributed by atoms with Gasteiger partial charge in [0.1, 0.15) is 11.5 Å². The van der Waals surface area contributed by atoms with Gasteiger partial charge in [0, 0.05) is 5.02 Å². The highest BCUT2D eigenvalue weighted by Gasteiger charge is 2.08. The lowest BCUT2D eigenvalue weighted by molar-refractivity contribution is -0.123. The van der Waals surface area contributed by atoms with Crippen molar-refractivity contribution in [1.82, 2.24) is 5.43 Å². The molecule has 3 rings (SSSR count). The number of benzene rings is 3. The largest absolute Gasteiger partial charge is 0.482 e. The molecule has 0 atom stereocenters. The number of carbonyl (C=O) groups excluding carboxylic acids is 2. The molecule has 3 aromatic carbocycles. The zero-order valence-electron chi connectivity index (χ0n) is 15.5. The molecule has 30 heavy (non-hydrogen) atoms. The van der Waals surface area contributed by atoms with Crippen molar-refractivity contribution in [3.63, 3.8) is 0 Å². The third-order valence-corrected chi connectivity index (χ3v) is 4.29. The third-order valence-electron chi connectivity index (χ3n) is 3.76. The Morgan fingerprint density at radius 3 is 2.40 bits per heavy atom. The summed E-state index contributed by atoms with van der Waals surface area (Å²) >= 11 is 11.8. The summed E-state index contributed by atoms with van der Waals surface area (Å²) < 4.78 is 10.6. The number of hydrogen-bond donors (Lipinski definition) is 1. The fourth-order valence-electron chi connectivity index (χ4n) is 2.31. The normalized spacial score (nSPS) is 10.6. The molecule has 0 saturated heterocycles. The first-order chi connectivity index (χ1) is 14.5. The maximum atomic E-state index is 12.0. The zero-order chi connectivity index (χ0) is 21.3. The molecular formula is C22H16Cl2N2O4. The van der Waals surface area contributed by atoms with Crippen LogP contribution < -0.4 is 14.9 Å². The van der Waals surface area contributed by atoms with Crippen molar-refractivity contribution in [3.05, 3.63) is 94.0 Å². The van der Waals surface area contributed by atoms with E-state index in [9.17, 15) is 9.59 Å². The fraction of sp³-hybridized carbons (Fsp3) is 0.0455. The molecule has 0 heterocycles. The summed E-state index contributed by atoms with van der Waals surface area (Å²) in [6.07, 6.45) is 1.45. The number of hydrogen-bond acceptors (Lipinski definition) is 5.